The predicted octanol–water partition coefficient (Wildman–Crippen LogP) is 2.24. The van der Waals surface area contributed by atoms with E-state index in [1.165, 1.54) is 11.3 Å². The number of nitrogens with one attached hydrogen (secondary N) is 4. The minimum absolute atomic E-state index is 0.365. The zero-order valence-corrected chi connectivity index (χ0v) is 17.4. The second-order valence-corrected chi connectivity index (χ2v) is 7.83. The van der Waals surface area contributed by atoms with Gasteiger partial charge in [-0.15, -0.1) is 11.3 Å². The number of nitrogens with zero attached hydrogens (tertiary/aromatic N) is 4. The number of aromatic nitrogens is 3. The van der Waals surface area contributed by atoms with E-state index in [4.69, 9.17) is 0 Å². The summed E-state index contributed by atoms with van der Waals surface area (Å²) in [6, 6.07) is 9.32. The lowest BCUT2D eigenvalue weighted by molar-refractivity contribution is 0.262. The van der Waals surface area contributed by atoms with Crippen LogP contribution in [0.15, 0.2) is 48.1 Å². The van der Waals surface area contributed by atoms with Crippen LogP contribution in [0, 0.1) is 0 Å². The normalized spacial score (nSPS) is 16.1. The molecule has 4 N–H and O–H groups in total. The Morgan fingerprint density at radius 2 is 2.00 bits per heavy atom. The lowest BCUT2D eigenvalue weighted by atomic mass is 10.2. The quantitative estimate of drug-likeness (QED) is 0.481. The molecule has 3 aromatic heterocycles. The Hall–Kier alpha value is -3.08. The van der Waals surface area contributed by atoms with Crippen LogP contribution in [0.2, 0.25) is 0 Å². The highest BCUT2D eigenvalue weighted by atomic mass is 32.1. The van der Waals surface area contributed by atoms with Gasteiger partial charge >= 0.3 is 6.03 Å². The molecule has 1 aliphatic rings. The first-order valence-corrected chi connectivity index (χ1v) is 10.6. The molecular formula is C20H24N8OS. The number of hydrogen-bond acceptors (Lipinski definition) is 8. The highest BCUT2D eigenvalue weighted by molar-refractivity contribution is 7.13. The summed E-state index contributed by atoms with van der Waals surface area (Å²) >= 11 is 1.46. The fourth-order valence-electron chi connectivity index (χ4n) is 3.19. The molecule has 1 unspecified atom stereocenters. The maximum absolute atomic E-state index is 12.4. The molecule has 0 aromatic carbocycles. The van der Waals surface area contributed by atoms with Crippen molar-refractivity contribution in [1.82, 2.24) is 25.6 Å². The van der Waals surface area contributed by atoms with E-state index in [-0.39, 0.29) is 6.03 Å². The van der Waals surface area contributed by atoms with Gasteiger partial charge in [-0.25, -0.2) is 14.8 Å². The van der Waals surface area contributed by atoms with Gasteiger partial charge in [0.1, 0.15) is 22.5 Å². The number of carbonyl (C=O) groups is 1. The number of anilines is 3. The molecule has 156 valence electrons. The minimum atomic E-state index is -0.382. The van der Waals surface area contributed by atoms with E-state index in [0.29, 0.717) is 17.7 Å². The maximum atomic E-state index is 12.4. The summed E-state index contributed by atoms with van der Waals surface area (Å²) in [7, 11) is 2.00. The number of hydrogen-bond donors (Lipinski definition) is 4. The Kier molecular flexibility index (Phi) is 6.47. The highest BCUT2D eigenvalue weighted by Crippen LogP contribution is 2.25. The van der Waals surface area contributed by atoms with Crippen LogP contribution in [-0.4, -0.2) is 60.3 Å². The molecule has 0 spiro atoms. The van der Waals surface area contributed by atoms with Crippen LogP contribution >= 0.6 is 11.3 Å². The maximum Gasteiger partial charge on any atom is 0.326 e. The van der Waals surface area contributed by atoms with Gasteiger partial charge in [0, 0.05) is 62.6 Å². The van der Waals surface area contributed by atoms with Gasteiger partial charge < -0.3 is 15.5 Å². The first kappa shape index (κ1) is 20.2. The van der Waals surface area contributed by atoms with Crippen LogP contribution in [0.25, 0.3) is 10.6 Å². The summed E-state index contributed by atoms with van der Waals surface area (Å²) in [4.78, 5) is 27.5. The Morgan fingerprint density at radius 3 is 2.80 bits per heavy atom. The van der Waals surface area contributed by atoms with Crippen molar-refractivity contribution in [2.75, 3.05) is 48.8 Å². The third-order valence-electron chi connectivity index (χ3n) is 4.66. The number of urea groups is 1. The number of rotatable bonds is 6. The molecule has 1 saturated heterocycles. The minimum Gasteiger partial charge on any atom is -0.358 e. The summed E-state index contributed by atoms with van der Waals surface area (Å²) in [5.41, 5.74) is 0.962. The fraction of sp³-hybridized carbons (Fsp3) is 0.300. The topological polar surface area (TPSA) is 107 Å². The molecule has 3 aromatic rings. The molecule has 0 saturated carbocycles. The molecule has 1 fully saturated rings. The van der Waals surface area contributed by atoms with Crippen molar-refractivity contribution < 1.29 is 4.79 Å². The van der Waals surface area contributed by atoms with Gasteiger partial charge in [-0.1, -0.05) is 6.07 Å². The lowest BCUT2D eigenvalue weighted by Crippen LogP contribution is -2.53. The van der Waals surface area contributed by atoms with Gasteiger partial charge in [-0.2, -0.15) is 0 Å². The highest BCUT2D eigenvalue weighted by Gasteiger charge is 2.15. The number of amides is 2. The van der Waals surface area contributed by atoms with E-state index in [0.717, 1.165) is 42.6 Å². The predicted molar refractivity (Wildman–Crippen MR) is 120 cm³/mol. The smallest absolute Gasteiger partial charge is 0.326 e. The van der Waals surface area contributed by atoms with E-state index in [9.17, 15) is 4.79 Å². The summed E-state index contributed by atoms with van der Waals surface area (Å²) in [6.45, 7) is 3.72. The van der Waals surface area contributed by atoms with Crippen LogP contribution in [0.5, 0.6) is 0 Å². The molecule has 4 rings (SSSR count). The molecule has 30 heavy (non-hydrogen) atoms. The Labute approximate surface area is 179 Å². The number of carbonyl (C=O) groups excluding carboxylic acids is 1. The van der Waals surface area contributed by atoms with E-state index in [1.54, 1.807) is 23.8 Å². The van der Waals surface area contributed by atoms with Crippen molar-refractivity contribution >= 4 is 34.8 Å². The first-order chi connectivity index (χ1) is 14.7. The van der Waals surface area contributed by atoms with Crippen molar-refractivity contribution in [1.29, 1.82) is 0 Å². The molecule has 0 radical (unpaired) electrons. The van der Waals surface area contributed by atoms with Crippen molar-refractivity contribution in [2.24, 2.45) is 0 Å². The van der Waals surface area contributed by atoms with Gasteiger partial charge in [0.2, 0.25) is 0 Å². The van der Waals surface area contributed by atoms with Crippen molar-refractivity contribution in [3.63, 3.8) is 0 Å². The monoisotopic (exact) mass is 424 g/mol. The SMILES string of the molecule is CN(CC1CNCCN1)c1cccc(NC(=O)Nc2csc(-c3ccncc3)n2)n1. The van der Waals surface area contributed by atoms with Gasteiger partial charge in [0.15, 0.2) is 0 Å². The Morgan fingerprint density at radius 1 is 1.17 bits per heavy atom. The van der Waals surface area contributed by atoms with Crippen molar-refractivity contribution in [2.45, 2.75) is 6.04 Å². The molecule has 0 bridgehead atoms. The van der Waals surface area contributed by atoms with Crippen molar-refractivity contribution in [3.05, 3.63) is 48.1 Å². The van der Waals surface area contributed by atoms with Crippen LogP contribution in [-0.2, 0) is 0 Å². The third-order valence-corrected chi connectivity index (χ3v) is 5.55. The van der Waals surface area contributed by atoms with Crippen molar-refractivity contribution in [3.8, 4) is 10.6 Å². The van der Waals surface area contributed by atoms with Gasteiger partial charge in [0.25, 0.3) is 0 Å². The average Bonchev–Trinajstić information content (AvgIpc) is 3.23. The Bertz CT molecular complexity index is 974. The molecule has 1 aliphatic heterocycles. The number of piperazine rings is 1. The van der Waals surface area contributed by atoms with Crippen LogP contribution in [0.1, 0.15) is 0 Å². The summed E-state index contributed by atoms with van der Waals surface area (Å²) in [5, 5.41) is 15.0. The van der Waals surface area contributed by atoms with Gasteiger partial charge in [-0.05, 0) is 24.3 Å². The summed E-state index contributed by atoms with van der Waals surface area (Å²) in [6.07, 6.45) is 3.43. The molecule has 4 heterocycles. The molecule has 2 amide bonds. The van der Waals surface area contributed by atoms with Crippen LogP contribution < -0.4 is 26.2 Å². The zero-order chi connectivity index (χ0) is 20.8. The zero-order valence-electron chi connectivity index (χ0n) is 16.6. The van der Waals surface area contributed by atoms with E-state index < -0.39 is 0 Å². The molecule has 0 aliphatic carbocycles. The molecule has 9 nitrogen and oxygen atoms in total. The average molecular weight is 425 g/mol. The van der Waals surface area contributed by atoms with Gasteiger partial charge in [0.05, 0.1) is 0 Å². The molecule has 1 atom stereocenters. The van der Waals surface area contributed by atoms with E-state index in [2.05, 4.69) is 41.1 Å². The first-order valence-electron chi connectivity index (χ1n) is 9.73. The molecule has 10 heteroatoms. The largest absolute Gasteiger partial charge is 0.358 e. The van der Waals surface area contributed by atoms with Crippen LogP contribution in [0.3, 0.4) is 0 Å². The summed E-state index contributed by atoms with van der Waals surface area (Å²) < 4.78 is 0. The summed E-state index contributed by atoms with van der Waals surface area (Å²) in [5.74, 6) is 1.78. The molecular weight excluding hydrogens is 400 g/mol. The van der Waals surface area contributed by atoms with E-state index >= 15 is 0 Å². The van der Waals surface area contributed by atoms with Crippen LogP contribution in [0.4, 0.5) is 22.2 Å². The second kappa shape index (κ2) is 9.61. The number of thiazole rings is 1. The standard InChI is InChI=1S/C20H24N8OS/c1-28(12-15-11-22-9-10-23-15)18-4-2-3-16(24-18)26-20(29)27-17-13-30-19(25-17)14-5-7-21-8-6-14/h2-8,13,15,22-23H,9-12H2,1H3,(H2,24,26,27,29). The lowest BCUT2D eigenvalue weighted by Gasteiger charge is -2.29. The number of pyridine rings is 2. The van der Waals surface area contributed by atoms with E-state index in [1.807, 2.05) is 31.3 Å². The Balaban J connectivity index is 1.34. The number of likely N-dealkylation sites (N-methyl/N-ethyl adjacent to an activating group) is 1. The third kappa shape index (κ3) is 5.29. The second-order valence-electron chi connectivity index (χ2n) is 6.97. The van der Waals surface area contributed by atoms with Gasteiger partial charge in [-0.3, -0.25) is 15.6 Å². The fourth-order valence-corrected chi connectivity index (χ4v) is 3.95.